The first-order valence-corrected chi connectivity index (χ1v) is 6.47. The molecule has 0 saturated heterocycles. The van der Waals surface area contributed by atoms with Crippen molar-refractivity contribution in [3.63, 3.8) is 0 Å². The highest BCUT2D eigenvalue weighted by Crippen LogP contribution is 2.08. The summed E-state index contributed by atoms with van der Waals surface area (Å²) in [6, 6.07) is 3.78. The maximum Gasteiger partial charge on any atom is 0.253 e. The number of nitrogens with zero attached hydrogens (tertiary/aromatic N) is 1. The van der Waals surface area contributed by atoms with Crippen LogP contribution in [0.3, 0.4) is 0 Å². The predicted octanol–water partition coefficient (Wildman–Crippen LogP) is 2.68. The van der Waals surface area contributed by atoms with Gasteiger partial charge >= 0.3 is 0 Å². The number of anilines is 1. The van der Waals surface area contributed by atoms with E-state index in [1.54, 1.807) is 25.4 Å². The minimum absolute atomic E-state index is 0.0543. The molecule has 4 heteroatoms. The Morgan fingerprint density at radius 3 is 2.50 bits per heavy atom. The van der Waals surface area contributed by atoms with E-state index in [0.717, 1.165) is 18.7 Å². The van der Waals surface area contributed by atoms with Gasteiger partial charge in [0.1, 0.15) is 5.82 Å². The summed E-state index contributed by atoms with van der Waals surface area (Å²) in [6.45, 7) is 6.42. The molecular formula is C14H23N3O. The Bertz CT molecular complexity index is 373. The van der Waals surface area contributed by atoms with Gasteiger partial charge in [-0.2, -0.15) is 0 Å². The second kappa shape index (κ2) is 6.99. The largest absolute Gasteiger partial charge is 0.373 e. The van der Waals surface area contributed by atoms with Crippen LogP contribution in [0.5, 0.6) is 0 Å². The third-order valence-electron chi connectivity index (χ3n) is 2.84. The molecule has 100 valence electrons. The van der Waals surface area contributed by atoms with Crippen molar-refractivity contribution in [3.8, 4) is 0 Å². The summed E-state index contributed by atoms with van der Waals surface area (Å²) >= 11 is 0. The lowest BCUT2D eigenvalue weighted by Crippen LogP contribution is -2.32. The van der Waals surface area contributed by atoms with Crippen LogP contribution in [-0.4, -0.2) is 24.0 Å². The van der Waals surface area contributed by atoms with Gasteiger partial charge in [0.25, 0.3) is 5.91 Å². The quantitative estimate of drug-likeness (QED) is 0.815. The summed E-state index contributed by atoms with van der Waals surface area (Å²) in [5.74, 6) is 1.38. The van der Waals surface area contributed by atoms with Crippen LogP contribution in [0.15, 0.2) is 18.3 Å². The Labute approximate surface area is 109 Å². The first-order valence-electron chi connectivity index (χ1n) is 6.47. The third-order valence-corrected chi connectivity index (χ3v) is 2.84. The minimum atomic E-state index is -0.0543. The van der Waals surface area contributed by atoms with Crippen molar-refractivity contribution in [1.29, 1.82) is 0 Å². The Kier molecular flexibility index (Phi) is 5.62. The fourth-order valence-electron chi connectivity index (χ4n) is 1.64. The molecule has 1 amide bonds. The van der Waals surface area contributed by atoms with Gasteiger partial charge in [0.15, 0.2) is 0 Å². The number of carbonyl (C=O) groups is 1. The van der Waals surface area contributed by atoms with E-state index in [1.807, 2.05) is 6.92 Å². The van der Waals surface area contributed by atoms with Gasteiger partial charge in [-0.05, 0) is 37.8 Å². The van der Waals surface area contributed by atoms with Gasteiger partial charge in [-0.15, -0.1) is 0 Å². The van der Waals surface area contributed by atoms with Crippen LogP contribution in [0.2, 0.25) is 0 Å². The number of hydrogen-bond donors (Lipinski definition) is 2. The molecule has 18 heavy (non-hydrogen) atoms. The van der Waals surface area contributed by atoms with E-state index in [0.29, 0.717) is 11.5 Å². The van der Waals surface area contributed by atoms with Crippen LogP contribution >= 0.6 is 0 Å². The standard InChI is InChI=1S/C14H23N3O/c1-10(2)5-6-11(3)17-14(18)12-7-8-13(15-4)16-9-12/h7-11H,5-6H2,1-4H3,(H,15,16)(H,17,18). The molecule has 2 N–H and O–H groups in total. The highest BCUT2D eigenvalue weighted by molar-refractivity contribution is 5.94. The van der Waals surface area contributed by atoms with Gasteiger partial charge in [-0.1, -0.05) is 13.8 Å². The molecule has 0 saturated carbocycles. The Morgan fingerprint density at radius 1 is 1.28 bits per heavy atom. The topological polar surface area (TPSA) is 54.0 Å². The van der Waals surface area contributed by atoms with Crippen molar-refractivity contribution < 1.29 is 4.79 Å². The number of amides is 1. The van der Waals surface area contributed by atoms with E-state index < -0.39 is 0 Å². The predicted molar refractivity (Wildman–Crippen MR) is 74.8 cm³/mol. The smallest absolute Gasteiger partial charge is 0.253 e. The van der Waals surface area contributed by atoms with E-state index >= 15 is 0 Å². The van der Waals surface area contributed by atoms with Gasteiger partial charge in [-0.3, -0.25) is 4.79 Å². The van der Waals surface area contributed by atoms with Crippen molar-refractivity contribution in [2.24, 2.45) is 5.92 Å². The highest BCUT2D eigenvalue weighted by atomic mass is 16.1. The first kappa shape index (κ1) is 14.5. The summed E-state index contributed by atoms with van der Waals surface area (Å²) in [5, 5.41) is 5.91. The van der Waals surface area contributed by atoms with Crippen LogP contribution < -0.4 is 10.6 Å². The number of hydrogen-bond acceptors (Lipinski definition) is 3. The molecule has 1 heterocycles. The van der Waals surface area contributed by atoms with E-state index in [2.05, 4.69) is 29.5 Å². The van der Waals surface area contributed by atoms with Gasteiger partial charge in [0.2, 0.25) is 0 Å². The molecule has 0 aliphatic heterocycles. The van der Waals surface area contributed by atoms with Crippen LogP contribution in [0.25, 0.3) is 0 Å². The average molecular weight is 249 g/mol. The Hall–Kier alpha value is -1.58. The lowest BCUT2D eigenvalue weighted by Gasteiger charge is -2.15. The number of rotatable bonds is 6. The molecule has 0 spiro atoms. The second-order valence-corrected chi connectivity index (χ2v) is 5.03. The molecular weight excluding hydrogens is 226 g/mol. The second-order valence-electron chi connectivity index (χ2n) is 5.03. The molecule has 1 unspecified atom stereocenters. The highest BCUT2D eigenvalue weighted by Gasteiger charge is 2.10. The number of carbonyl (C=O) groups excluding carboxylic acids is 1. The van der Waals surface area contributed by atoms with Crippen LogP contribution in [0.4, 0.5) is 5.82 Å². The molecule has 0 aromatic carbocycles. The number of pyridine rings is 1. The SMILES string of the molecule is CNc1ccc(C(=O)NC(C)CCC(C)C)cn1. The zero-order valence-electron chi connectivity index (χ0n) is 11.7. The molecule has 1 atom stereocenters. The monoisotopic (exact) mass is 249 g/mol. The molecule has 4 nitrogen and oxygen atoms in total. The summed E-state index contributed by atoms with van der Waals surface area (Å²) in [5.41, 5.74) is 0.602. The van der Waals surface area contributed by atoms with E-state index in [1.165, 1.54) is 0 Å². The van der Waals surface area contributed by atoms with Gasteiger partial charge in [0.05, 0.1) is 5.56 Å². The average Bonchev–Trinajstić information content (AvgIpc) is 2.36. The maximum atomic E-state index is 11.9. The maximum absolute atomic E-state index is 11.9. The molecule has 1 aromatic heterocycles. The fraction of sp³-hybridized carbons (Fsp3) is 0.571. The molecule has 1 rings (SSSR count). The third kappa shape index (κ3) is 4.73. The molecule has 0 radical (unpaired) electrons. The van der Waals surface area contributed by atoms with E-state index in [9.17, 15) is 4.79 Å². The van der Waals surface area contributed by atoms with E-state index in [4.69, 9.17) is 0 Å². The molecule has 0 aliphatic rings. The summed E-state index contributed by atoms with van der Waals surface area (Å²) in [7, 11) is 1.80. The van der Waals surface area contributed by atoms with Gasteiger partial charge < -0.3 is 10.6 Å². The summed E-state index contributed by atoms with van der Waals surface area (Å²) in [6.07, 6.45) is 3.72. The van der Waals surface area contributed by atoms with Gasteiger partial charge in [-0.25, -0.2) is 4.98 Å². The van der Waals surface area contributed by atoms with E-state index in [-0.39, 0.29) is 11.9 Å². The number of nitrogens with one attached hydrogen (secondary N) is 2. The molecule has 0 fully saturated rings. The van der Waals surface area contributed by atoms with Crippen molar-refractivity contribution >= 4 is 11.7 Å². The van der Waals surface area contributed by atoms with Crippen molar-refractivity contribution in [2.45, 2.75) is 39.7 Å². The first-order chi connectivity index (χ1) is 8.52. The zero-order chi connectivity index (χ0) is 13.5. The van der Waals surface area contributed by atoms with Crippen molar-refractivity contribution in [2.75, 3.05) is 12.4 Å². The molecule has 0 bridgehead atoms. The molecule has 0 aliphatic carbocycles. The summed E-state index contributed by atoms with van der Waals surface area (Å²) < 4.78 is 0. The van der Waals surface area contributed by atoms with Crippen molar-refractivity contribution in [3.05, 3.63) is 23.9 Å². The van der Waals surface area contributed by atoms with Crippen LogP contribution in [0.1, 0.15) is 44.0 Å². The minimum Gasteiger partial charge on any atom is -0.373 e. The normalized spacial score (nSPS) is 12.3. The van der Waals surface area contributed by atoms with Gasteiger partial charge in [0, 0.05) is 19.3 Å². The fourth-order valence-corrected chi connectivity index (χ4v) is 1.64. The summed E-state index contributed by atoms with van der Waals surface area (Å²) in [4.78, 5) is 16.1. The number of aromatic nitrogens is 1. The Balaban J connectivity index is 2.48. The van der Waals surface area contributed by atoms with Crippen LogP contribution in [0, 0.1) is 5.92 Å². The van der Waals surface area contributed by atoms with Crippen LogP contribution in [-0.2, 0) is 0 Å². The molecule has 1 aromatic rings. The lowest BCUT2D eigenvalue weighted by atomic mass is 10.0. The zero-order valence-corrected chi connectivity index (χ0v) is 11.7. The lowest BCUT2D eigenvalue weighted by molar-refractivity contribution is 0.0937. The van der Waals surface area contributed by atoms with Crippen molar-refractivity contribution in [1.82, 2.24) is 10.3 Å². The Morgan fingerprint density at radius 2 is 2.00 bits per heavy atom.